The van der Waals surface area contributed by atoms with Crippen molar-refractivity contribution >= 4 is 29.2 Å². The minimum Gasteiger partial charge on any atom is -0.419 e. The van der Waals surface area contributed by atoms with E-state index in [4.69, 9.17) is 9.47 Å². The minimum atomic E-state index is -1.27. The molecule has 0 bridgehead atoms. The molecular formula is C16H15N3O5. The van der Waals surface area contributed by atoms with Crippen molar-refractivity contribution in [2.24, 2.45) is 5.10 Å². The number of anilines is 1. The van der Waals surface area contributed by atoms with Crippen LogP contribution < -0.4 is 10.7 Å². The Kier molecular flexibility index (Phi) is 3.80. The van der Waals surface area contributed by atoms with Crippen molar-refractivity contribution in [2.75, 3.05) is 5.32 Å². The van der Waals surface area contributed by atoms with Crippen LogP contribution in [0, 0.1) is 0 Å². The summed E-state index contributed by atoms with van der Waals surface area (Å²) in [4.78, 5) is 34.9. The van der Waals surface area contributed by atoms with Gasteiger partial charge in [-0.15, -0.1) is 0 Å². The summed E-state index contributed by atoms with van der Waals surface area (Å²) in [6.45, 7) is 2.96. The summed E-state index contributed by atoms with van der Waals surface area (Å²) in [7, 11) is 0. The van der Waals surface area contributed by atoms with Gasteiger partial charge in [0.05, 0.1) is 12.1 Å². The van der Waals surface area contributed by atoms with Crippen molar-refractivity contribution in [3.63, 3.8) is 0 Å². The number of amides is 1. The summed E-state index contributed by atoms with van der Waals surface area (Å²) in [5.41, 5.74) is 4.15. The van der Waals surface area contributed by atoms with Gasteiger partial charge in [-0.3, -0.25) is 4.79 Å². The molecule has 0 spiro atoms. The minimum absolute atomic E-state index is 0.166. The van der Waals surface area contributed by atoms with Crippen LogP contribution in [-0.2, 0) is 23.9 Å². The van der Waals surface area contributed by atoms with Crippen molar-refractivity contribution in [1.82, 2.24) is 5.43 Å². The van der Waals surface area contributed by atoms with Gasteiger partial charge in [0.15, 0.2) is 5.57 Å². The molecule has 0 unspecified atom stereocenters. The zero-order valence-electron chi connectivity index (χ0n) is 13.1. The van der Waals surface area contributed by atoms with Gasteiger partial charge in [-0.2, -0.15) is 5.10 Å². The van der Waals surface area contributed by atoms with E-state index in [1.165, 1.54) is 20.0 Å². The zero-order chi connectivity index (χ0) is 17.3. The maximum absolute atomic E-state index is 11.9. The number of rotatable bonds is 3. The van der Waals surface area contributed by atoms with Crippen molar-refractivity contribution in [3.8, 4) is 0 Å². The first kappa shape index (κ1) is 15.7. The van der Waals surface area contributed by atoms with Crippen molar-refractivity contribution < 1.29 is 23.9 Å². The normalized spacial score (nSPS) is 19.2. The number of carbonyl (C=O) groups excluding carboxylic acids is 3. The third-order valence-electron chi connectivity index (χ3n) is 3.34. The van der Waals surface area contributed by atoms with E-state index >= 15 is 0 Å². The number of carbonyl (C=O) groups is 3. The van der Waals surface area contributed by atoms with Crippen molar-refractivity contribution in [2.45, 2.75) is 26.1 Å². The van der Waals surface area contributed by atoms with E-state index in [1.54, 1.807) is 18.2 Å². The molecule has 1 amide bonds. The highest BCUT2D eigenvalue weighted by Crippen LogP contribution is 2.23. The van der Waals surface area contributed by atoms with E-state index in [2.05, 4.69) is 15.8 Å². The Bertz CT molecular complexity index is 773. The molecule has 1 aromatic carbocycles. The van der Waals surface area contributed by atoms with Crippen LogP contribution in [0.25, 0.3) is 0 Å². The fraction of sp³-hybridized carbons (Fsp3) is 0.250. The molecule has 8 heteroatoms. The van der Waals surface area contributed by atoms with Crippen LogP contribution in [0.1, 0.15) is 25.8 Å². The highest BCUT2D eigenvalue weighted by atomic mass is 16.7. The van der Waals surface area contributed by atoms with E-state index in [-0.39, 0.29) is 17.9 Å². The van der Waals surface area contributed by atoms with E-state index in [0.29, 0.717) is 11.4 Å². The quantitative estimate of drug-likeness (QED) is 0.488. The average molecular weight is 329 g/mol. The van der Waals surface area contributed by atoms with Gasteiger partial charge < -0.3 is 14.8 Å². The molecule has 8 nitrogen and oxygen atoms in total. The van der Waals surface area contributed by atoms with Gasteiger partial charge in [0, 0.05) is 31.3 Å². The number of hydrogen-bond donors (Lipinski definition) is 2. The Morgan fingerprint density at radius 3 is 2.54 bits per heavy atom. The Hall–Kier alpha value is -3.16. The molecule has 1 fully saturated rings. The monoisotopic (exact) mass is 329 g/mol. The summed E-state index contributed by atoms with van der Waals surface area (Å²) in [5, 5.41) is 6.80. The molecule has 2 heterocycles. The fourth-order valence-corrected chi connectivity index (χ4v) is 2.25. The smallest absolute Gasteiger partial charge is 0.350 e. The molecule has 1 aromatic rings. The molecule has 0 aromatic heterocycles. The lowest BCUT2D eigenvalue weighted by Gasteiger charge is -2.29. The van der Waals surface area contributed by atoms with Gasteiger partial charge in [-0.1, -0.05) is 12.1 Å². The van der Waals surface area contributed by atoms with Crippen molar-refractivity contribution in [3.05, 3.63) is 41.6 Å². The molecule has 1 saturated heterocycles. The summed E-state index contributed by atoms with van der Waals surface area (Å²) >= 11 is 0. The summed E-state index contributed by atoms with van der Waals surface area (Å²) in [6, 6.07) is 7.07. The van der Waals surface area contributed by atoms with E-state index in [9.17, 15) is 14.4 Å². The van der Waals surface area contributed by atoms with Gasteiger partial charge in [0.25, 0.3) is 5.79 Å². The summed E-state index contributed by atoms with van der Waals surface area (Å²) < 4.78 is 10.0. The van der Waals surface area contributed by atoms with Crippen molar-refractivity contribution in [1.29, 1.82) is 0 Å². The molecule has 24 heavy (non-hydrogen) atoms. The predicted octanol–water partition coefficient (Wildman–Crippen LogP) is 1.04. The number of esters is 2. The third-order valence-corrected chi connectivity index (χ3v) is 3.34. The highest BCUT2D eigenvalue weighted by molar-refractivity contribution is 6.16. The molecule has 124 valence electrons. The first-order valence-electron chi connectivity index (χ1n) is 7.23. The van der Waals surface area contributed by atoms with Gasteiger partial charge in [0.1, 0.15) is 0 Å². The topological polar surface area (TPSA) is 106 Å². The van der Waals surface area contributed by atoms with Crippen LogP contribution in [0.3, 0.4) is 0 Å². The van der Waals surface area contributed by atoms with Crippen LogP contribution >= 0.6 is 0 Å². The number of hydrazone groups is 1. The highest BCUT2D eigenvalue weighted by Gasteiger charge is 2.38. The largest absolute Gasteiger partial charge is 0.419 e. The Labute approximate surface area is 137 Å². The lowest BCUT2D eigenvalue weighted by Crippen LogP contribution is -2.42. The molecule has 2 aliphatic heterocycles. The second-order valence-corrected chi connectivity index (χ2v) is 5.73. The van der Waals surface area contributed by atoms with Crippen LogP contribution in [0.2, 0.25) is 0 Å². The van der Waals surface area contributed by atoms with Gasteiger partial charge in [-0.05, 0) is 12.1 Å². The first-order chi connectivity index (χ1) is 11.3. The SMILES string of the molecule is CC1(C)OC(=O)C(=CNc2cccc(C3=NNC(=O)C3)c2)C(=O)O1. The second kappa shape index (κ2) is 5.80. The number of nitrogens with zero attached hydrogens (tertiary/aromatic N) is 1. The number of benzene rings is 1. The molecule has 0 radical (unpaired) electrons. The number of ether oxygens (including phenoxy) is 2. The number of hydrogen-bond acceptors (Lipinski definition) is 7. The van der Waals surface area contributed by atoms with Gasteiger partial charge in [0.2, 0.25) is 5.91 Å². The molecule has 0 atom stereocenters. The van der Waals surface area contributed by atoms with Crippen LogP contribution in [0.15, 0.2) is 41.1 Å². The average Bonchev–Trinajstić information content (AvgIpc) is 2.92. The van der Waals surface area contributed by atoms with Crippen LogP contribution in [0.4, 0.5) is 5.69 Å². The van der Waals surface area contributed by atoms with E-state index < -0.39 is 17.7 Å². The Morgan fingerprint density at radius 1 is 1.21 bits per heavy atom. The third kappa shape index (κ3) is 3.27. The van der Waals surface area contributed by atoms with Gasteiger partial charge in [-0.25, -0.2) is 15.0 Å². The summed E-state index contributed by atoms with van der Waals surface area (Å²) in [5.74, 6) is -2.95. The van der Waals surface area contributed by atoms with Crippen LogP contribution in [-0.4, -0.2) is 29.3 Å². The number of nitrogens with one attached hydrogen (secondary N) is 2. The first-order valence-corrected chi connectivity index (χ1v) is 7.23. The Balaban J connectivity index is 1.76. The molecule has 2 N–H and O–H groups in total. The maximum atomic E-state index is 11.9. The summed E-state index contributed by atoms with van der Waals surface area (Å²) in [6.07, 6.45) is 1.44. The van der Waals surface area contributed by atoms with Gasteiger partial charge >= 0.3 is 11.9 Å². The fourth-order valence-electron chi connectivity index (χ4n) is 2.25. The maximum Gasteiger partial charge on any atom is 0.350 e. The molecule has 2 aliphatic rings. The lowest BCUT2D eigenvalue weighted by atomic mass is 10.1. The van der Waals surface area contributed by atoms with Crippen LogP contribution in [0.5, 0.6) is 0 Å². The Morgan fingerprint density at radius 2 is 1.92 bits per heavy atom. The zero-order valence-corrected chi connectivity index (χ0v) is 13.1. The van der Waals surface area contributed by atoms with E-state index in [0.717, 1.165) is 5.56 Å². The molecule has 0 aliphatic carbocycles. The molecule has 0 saturated carbocycles. The number of cyclic esters (lactones) is 2. The van der Waals surface area contributed by atoms with E-state index in [1.807, 2.05) is 6.07 Å². The standard InChI is InChI=1S/C16H15N3O5/c1-16(2)23-14(21)11(15(22)24-16)8-17-10-5-3-4-9(6-10)12-7-13(20)19-18-12/h3-6,8,17H,7H2,1-2H3,(H,19,20). The molecular weight excluding hydrogens is 314 g/mol. The second-order valence-electron chi connectivity index (χ2n) is 5.73. The lowest BCUT2D eigenvalue weighted by molar-refractivity contribution is -0.222. The molecule has 3 rings (SSSR count). The predicted molar refractivity (Wildman–Crippen MR) is 83.7 cm³/mol.